The molecule has 2 aromatic rings. The number of nitrogens with two attached hydrogens (primary N) is 1. The van der Waals surface area contributed by atoms with E-state index in [1.165, 1.54) is 32.1 Å². The van der Waals surface area contributed by atoms with Gasteiger partial charge in [0.15, 0.2) is 5.58 Å². The Balaban J connectivity index is 1.82. The van der Waals surface area contributed by atoms with Gasteiger partial charge in [-0.05, 0) is 31.2 Å². The number of benzene rings is 1. The van der Waals surface area contributed by atoms with E-state index < -0.39 is 5.76 Å². The fourth-order valence-electron chi connectivity index (χ4n) is 2.99. The highest BCUT2D eigenvalue weighted by Crippen LogP contribution is 2.29. The number of aromatic amines is 1. The van der Waals surface area contributed by atoms with Crippen molar-refractivity contribution in [2.75, 3.05) is 11.1 Å². The molecular formula is C15H21N3O2. The van der Waals surface area contributed by atoms with E-state index in [9.17, 15) is 4.79 Å². The van der Waals surface area contributed by atoms with Crippen LogP contribution >= 0.6 is 0 Å². The summed E-state index contributed by atoms with van der Waals surface area (Å²) in [6.45, 7) is 2.32. The summed E-state index contributed by atoms with van der Waals surface area (Å²) in [5.74, 6) is 0.367. The molecular weight excluding hydrogens is 254 g/mol. The number of rotatable bonds is 2. The van der Waals surface area contributed by atoms with Crippen LogP contribution in [0.2, 0.25) is 0 Å². The zero-order valence-electron chi connectivity index (χ0n) is 11.7. The van der Waals surface area contributed by atoms with Gasteiger partial charge in [0.25, 0.3) is 0 Å². The summed E-state index contributed by atoms with van der Waals surface area (Å²) in [5.41, 5.74) is 8.74. The molecule has 3 rings (SSSR count). The molecule has 0 aliphatic heterocycles. The number of nitrogen functional groups attached to an aromatic ring is 1. The van der Waals surface area contributed by atoms with Crippen molar-refractivity contribution in [2.45, 2.75) is 45.1 Å². The summed E-state index contributed by atoms with van der Waals surface area (Å²) in [6, 6.07) is 4.03. The van der Waals surface area contributed by atoms with Crippen LogP contribution in [0.3, 0.4) is 0 Å². The van der Waals surface area contributed by atoms with Crippen molar-refractivity contribution in [3.8, 4) is 0 Å². The minimum atomic E-state index is -0.445. The maximum Gasteiger partial charge on any atom is 0.417 e. The van der Waals surface area contributed by atoms with Gasteiger partial charge in [0.2, 0.25) is 0 Å². The third kappa shape index (κ3) is 2.66. The van der Waals surface area contributed by atoms with E-state index in [1.54, 1.807) is 6.07 Å². The number of H-pyrrole nitrogens is 1. The SMILES string of the molecule is CC1CCCC(Nc2cc3[nH]c(=O)oc3cc2N)CC1. The van der Waals surface area contributed by atoms with Gasteiger partial charge < -0.3 is 15.5 Å². The summed E-state index contributed by atoms with van der Waals surface area (Å²) in [7, 11) is 0. The molecule has 1 aromatic heterocycles. The number of fused-ring (bicyclic) bond motifs is 1. The molecule has 1 saturated carbocycles. The Hall–Kier alpha value is -1.91. The van der Waals surface area contributed by atoms with Crippen molar-refractivity contribution in [3.05, 3.63) is 22.7 Å². The van der Waals surface area contributed by atoms with Crippen LogP contribution < -0.4 is 16.8 Å². The van der Waals surface area contributed by atoms with Gasteiger partial charge >= 0.3 is 5.76 Å². The first kappa shape index (κ1) is 13.1. The Bertz CT molecular complexity index is 659. The average molecular weight is 275 g/mol. The van der Waals surface area contributed by atoms with Gasteiger partial charge in [0.05, 0.1) is 16.9 Å². The van der Waals surface area contributed by atoms with Crippen LogP contribution in [0.5, 0.6) is 0 Å². The van der Waals surface area contributed by atoms with Crippen LogP contribution in [0.25, 0.3) is 11.1 Å². The van der Waals surface area contributed by atoms with Crippen molar-refractivity contribution >= 4 is 22.5 Å². The van der Waals surface area contributed by atoms with Crippen molar-refractivity contribution in [1.29, 1.82) is 0 Å². The van der Waals surface area contributed by atoms with Crippen molar-refractivity contribution < 1.29 is 4.42 Å². The molecule has 1 aromatic carbocycles. The lowest BCUT2D eigenvalue weighted by Gasteiger charge is -2.19. The Kier molecular flexibility index (Phi) is 3.42. The molecule has 2 atom stereocenters. The van der Waals surface area contributed by atoms with Crippen molar-refractivity contribution in [3.63, 3.8) is 0 Å². The predicted molar refractivity (Wildman–Crippen MR) is 80.9 cm³/mol. The molecule has 0 saturated heterocycles. The summed E-state index contributed by atoms with van der Waals surface area (Å²) in [6.07, 6.45) is 6.15. The number of nitrogens with one attached hydrogen (secondary N) is 2. The fourth-order valence-corrected chi connectivity index (χ4v) is 2.99. The van der Waals surface area contributed by atoms with E-state index in [2.05, 4.69) is 17.2 Å². The summed E-state index contributed by atoms with van der Waals surface area (Å²) < 4.78 is 5.01. The molecule has 0 radical (unpaired) electrons. The molecule has 108 valence electrons. The lowest BCUT2D eigenvalue weighted by molar-refractivity contribution is 0.502. The Morgan fingerprint density at radius 1 is 1.30 bits per heavy atom. The molecule has 0 bridgehead atoms. The lowest BCUT2D eigenvalue weighted by Crippen LogP contribution is -2.19. The summed E-state index contributed by atoms with van der Waals surface area (Å²) >= 11 is 0. The van der Waals surface area contributed by atoms with Gasteiger partial charge in [-0.25, -0.2) is 4.79 Å². The smallest absolute Gasteiger partial charge is 0.408 e. The summed E-state index contributed by atoms with van der Waals surface area (Å²) in [4.78, 5) is 13.9. The summed E-state index contributed by atoms with van der Waals surface area (Å²) in [5, 5.41) is 3.52. The molecule has 2 unspecified atom stereocenters. The van der Waals surface area contributed by atoms with Crippen molar-refractivity contribution in [2.24, 2.45) is 5.92 Å². The molecule has 4 N–H and O–H groups in total. The van der Waals surface area contributed by atoms with Crippen LogP contribution in [-0.4, -0.2) is 11.0 Å². The molecule has 1 aliphatic carbocycles. The normalized spacial score (nSPS) is 23.6. The second-order valence-corrected chi connectivity index (χ2v) is 5.90. The molecule has 0 amide bonds. The van der Waals surface area contributed by atoms with Crippen LogP contribution in [0.15, 0.2) is 21.3 Å². The third-order valence-corrected chi connectivity index (χ3v) is 4.21. The second kappa shape index (κ2) is 5.23. The molecule has 5 heteroatoms. The predicted octanol–water partition coefficient (Wildman–Crippen LogP) is 3.08. The van der Waals surface area contributed by atoms with Crippen LogP contribution in [0.1, 0.15) is 39.0 Å². The first-order valence-electron chi connectivity index (χ1n) is 7.30. The van der Waals surface area contributed by atoms with E-state index in [0.717, 1.165) is 11.6 Å². The quantitative estimate of drug-likeness (QED) is 0.581. The molecule has 5 nitrogen and oxygen atoms in total. The van der Waals surface area contributed by atoms with Crippen LogP contribution in [-0.2, 0) is 0 Å². The van der Waals surface area contributed by atoms with Crippen LogP contribution in [0.4, 0.5) is 11.4 Å². The highest BCUT2D eigenvalue weighted by molar-refractivity contribution is 5.85. The first-order chi connectivity index (χ1) is 9.61. The molecule has 1 fully saturated rings. The standard InChI is InChI=1S/C15H21N3O2/c1-9-3-2-4-10(6-5-9)17-12-8-13-14(7-11(12)16)20-15(19)18-13/h7-10,17H,2-6,16H2,1H3,(H,18,19). The van der Waals surface area contributed by atoms with Gasteiger partial charge in [-0.15, -0.1) is 0 Å². The topological polar surface area (TPSA) is 84.0 Å². The zero-order valence-corrected chi connectivity index (χ0v) is 11.7. The van der Waals surface area contributed by atoms with E-state index in [4.69, 9.17) is 10.2 Å². The lowest BCUT2D eigenvalue weighted by atomic mass is 10.0. The monoisotopic (exact) mass is 275 g/mol. The van der Waals surface area contributed by atoms with E-state index in [-0.39, 0.29) is 0 Å². The number of hydrogen-bond acceptors (Lipinski definition) is 4. The molecule has 0 spiro atoms. The number of anilines is 2. The highest BCUT2D eigenvalue weighted by Gasteiger charge is 2.17. The first-order valence-corrected chi connectivity index (χ1v) is 7.30. The fraction of sp³-hybridized carbons (Fsp3) is 0.533. The van der Waals surface area contributed by atoms with E-state index in [1.807, 2.05) is 6.07 Å². The highest BCUT2D eigenvalue weighted by atomic mass is 16.4. The Labute approximate surface area is 117 Å². The van der Waals surface area contributed by atoms with Gasteiger partial charge in [-0.2, -0.15) is 0 Å². The van der Waals surface area contributed by atoms with E-state index in [0.29, 0.717) is 22.8 Å². The van der Waals surface area contributed by atoms with E-state index >= 15 is 0 Å². The molecule has 1 heterocycles. The van der Waals surface area contributed by atoms with Gasteiger partial charge in [-0.1, -0.05) is 19.8 Å². The minimum absolute atomic E-state index is 0.445. The van der Waals surface area contributed by atoms with Crippen LogP contribution in [0, 0.1) is 5.92 Å². The van der Waals surface area contributed by atoms with Gasteiger partial charge in [0.1, 0.15) is 0 Å². The average Bonchev–Trinajstić information content (AvgIpc) is 2.61. The molecule has 1 aliphatic rings. The number of oxazole rings is 1. The Morgan fingerprint density at radius 3 is 3.00 bits per heavy atom. The van der Waals surface area contributed by atoms with Crippen molar-refractivity contribution in [1.82, 2.24) is 4.98 Å². The third-order valence-electron chi connectivity index (χ3n) is 4.21. The molecule has 20 heavy (non-hydrogen) atoms. The minimum Gasteiger partial charge on any atom is -0.408 e. The maximum absolute atomic E-state index is 11.2. The Morgan fingerprint density at radius 2 is 2.15 bits per heavy atom. The number of aromatic nitrogens is 1. The number of hydrogen-bond donors (Lipinski definition) is 3. The largest absolute Gasteiger partial charge is 0.417 e. The van der Waals surface area contributed by atoms with Gasteiger partial charge in [0, 0.05) is 12.1 Å². The second-order valence-electron chi connectivity index (χ2n) is 5.90. The van der Waals surface area contributed by atoms with Gasteiger partial charge in [-0.3, -0.25) is 4.98 Å². The zero-order chi connectivity index (χ0) is 14.1. The maximum atomic E-state index is 11.2.